The predicted molar refractivity (Wildman–Crippen MR) is 104 cm³/mol. The van der Waals surface area contributed by atoms with Gasteiger partial charge in [-0.25, -0.2) is 4.79 Å². The van der Waals surface area contributed by atoms with Crippen molar-refractivity contribution in [2.45, 2.75) is 33.2 Å². The molecule has 3 rings (SSSR count). The number of Topliss-reactive ketones (excluding diaryl/α,β-unsaturated/α-hetero) is 1. The van der Waals surface area contributed by atoms with Gasteiger partial charge in [0.25, 0.3) is 11.5 Å². The highest BCUT2D eigenvalue weighted by Gasteiger charge is 2.32. The average molecular weight is 398 g/mol. The fraction of sp³-hybridized carbons (Fsp3) is 0.333. The average Bonchev–Trinajstić information content (AvgIpc) is 2.63. The number of benzene rings is 1. The summed E-state index contributed by atoms with van der Waals surface area (Å²) in [5.41, 5.74) is 0.743. The summed E-state index contributed by atoms with van der Waals surface area (Å²) in [5.74, 6) is -1.42. The lowest BCUT2D eigenvalue weighted by atomic mass is 9.75. The number of aromatic nitrogens is 1. The van der Waals surface area contributed by atoms with Crippen LogP contribution in [0.4, 0.5) is 0 Å². The van der Waals surface area contributed by atoms with Crippen LogP contribution < -0.4 is 15.6 Å². The van der Waals surface area contributed by atoms with E-state index in [1.54, 1.807) is 24.3 Å². The van der Waals surface area contributed by atoms with Crippen LogP contribution in [0.1, 0.15) is 52.2 Å². The van der Waals surface area contributed by atoms with Gasteiger partial charge in [-0.05, 0) is 35.6 Å². The number of amides is 1. The van der Waals surface area contributed by atoms with Crippen LogP contribution >= 0.6 is 0 Å². The van der Waals surface area contributed by atoms with E-state index in [9.17, 15) is 19.2 Å². The van der Waals surface area contributed by atoms with E-state index >= 15 is 0 Å². The molecule has 0 atom stereocenters. The second-order valence-corrected chi connectivity index (χ2v) is 7.86. The number of carbonyl (C=O) groups excluding carboxylic acids is 2. The Morgan fingerprint density at radius 3 is 2.69 bits per heavy atom. The van der Waals surface area contributed by atoms with Crippen LogP contribution in [0.5, 0.6) is 5.75 Å². The first-order chi connectivity index (χ1) is 13.6. The highest BCUT2D eigenvalue weighted by Crippen LogP contribution is 2.33. The Bertz CT molecular complexity index is 1040. The van der Waals surface area contributed by atoms with E-state index in [-0.39, 0.29) is 23.3 Å². The lowest BCUT2D eigenvalue weighted by molar-refractivity contribution is -0.139. The number of carboxylic acids is 1. The molecule has 1 aliphatic rings. The van der Waals surface area contributed by atoms with Crippen LogP contribution in [-0.4, -0.2) is 34.4 Å². The maximum atomic E-state index is 12.5. The van der Waals surface area contributed by atoms with Gasteiger partial charge in [-0.15, -0.1) is 0 Å². The number of aromatic amines is 1. The molecule has 1 aromatic carbocycles. The third-order valence-electron chi connectivity index (χ3n) is 4.68. The van der Waals surface area contributed by atoms with Gasteiger partial charge in [-0.2, -0.15) is 0 Å². The van der Waals surface area contributed by atoms with Crippen molar-refractivity contribution in [2.75, 3.05) is 6.61 Å². The van der Waals surface area contributed by atoms with E-state index in [1.807, 2.05) is 13.8 Å². The topological polar surface area (TPSA) is 126 Å². The molecule has 0 spiro atoms. The molecule has 152 valence electrons. The van der Waals surface area contributed by atoms with Gasteiger partial charge in [0.1, 0.15) is 11.3 Å². The molecule has 1 aromatic heterocycles. The molecule has 0 saturated heterocycles. The summed E-state index contributed by atoms with van der Waals surface area (Å²) in [5, 5.41) is 11.3. The number of H-pyrrole nitrogens is 1. The van der Waals surface area contributed by atoms with Gasteiger partial charge in [0.15, 0.2) is 12.4 Å². The number of ether oxygens (including phenoxy) is 1. The summed E-state index contributed by atoms with van der Waals surface area (Å²) in [6.45, 7) is 3.56. The number of aliphatic carboxylic acids is 1. The lowest BCUT2D eigenvalue weighted by Crippen LogP contribution is -2.34. The number of fused-ring (bicyclic) bond motifs is 1. The van der Waals surface area contributed by atoms with E-state index in [0.29, 0.717) is 35.4 Å². The maximum Gasteiger partial charge on any atom is 0.341 e. The fourth-order valence-corrected chi connectivity index (χ4v) is 3.36. The monoisotopic (exact) mass is 398 g/mol. The Balaban J connectivity index is 1.73. The molecule has 1 heterocycles. The predicted octanol–water partition coefficient (Wildman–Crippen LogP) is 1.92. The third-order valence-corrected chi connectivity index (χ3v) is 4.68. The number of nitrogens with one attached hydrogen (secondary N) is 2. The van der Waals surface area contributed by atoms with Crippen molar-refractivity contribution in [3.05, 3.63) is 63.1 Å². The minimum atomic E-state index is -1.09. The zero-order valence-electron chi connectivity index (χ0n) is 16.2. The van der Waals surface area contributed by atoms with Gasteiger partial charge in [-0.1, -0.05) is 26.0 Å². The zero-order valence-corrected chi connectivity index (χ0v) is 16.2. The number of pyridine rings is 1. The van der Waals surface area contributed by atoms with Crippen molar-refractivity contribution < 1.29 is 24.2 Å². The van der Waals surface area contributed by atoms with Gasteiger partial charge < -0.3 is 20.1 Å². The van der Waals surface area contributed by atoms with E-state index < -0.39 is 24.0 Å². The smallest absolute Gasteiger partial charge is 0.341 e. The number of carboxylic acid groups (broad SMARTS) is 1. The van der Waals surface area contributed by atoms with Gasteiger partial charge in [0.2, 0.25) is 0 Å². The number of ketones is 1. The SMILES string of the molecule is CC1(C)CC(=O)c2cc(C(=O)NCc3cccc(OCC(=O)O)c3)c(=O)[nH]c2C1. The first-order valence-electron chi connectivity index (χ1n) is 9.16. The molecule has 1 aliphatic carbocycles. The largest absolute Gasteiger partial charge is 0.482 e. The first kappa shape index (κ1) is 20.3. The second-order valence-electron chi connectivity index (χ2n) is 7.86. The molecule has 2 aromatic rings. The molecule has 0 bridgehead atoms. The summed E-state index contributed by atoms with van der Waals surface area (Å²) in [7, 11) is 0. The summed E-state index contributed by atoms with van der Waals surface area (Å²) in [6, 6.07) is 7.98. The van der Waals surface area contributed by atoms with Crippen molar-refractivity contribution in [1.29, 1.82) is 0 Å². The molecule has 0 fully saturated rings. The molecule has 0 unspecified atom stereocenters. The Morgan fingerprint density at radius 1 is 1.21 bits per heavy atom. The maximum absolute atomic E-state index is 12.5. The van der Waals surface area contributed by atoms with Crippen molar-refractivity contribution in [3.63, 3.8) is 0 Å². The van der Waals surface area contributed by atoms with Crippen LogP contribution in [0.25, 0.3) is 0 Å². The molecule has 8 nitrogen and oxygen atoms in total. The van der Waals surface area contributed by atoms with Crippen molar-refractivity contribution >= 4 is 17.7 Å². The van der Waals surface area contributed by atoms with Gasteiger partial charge in [0.05, 0.1) is 0 Å². The Morgan fingerprint density at radius 2 is 1.97 bits per heavy atom. The van der Waals surface area contributed by atoms with Gasteiger partial charge >= 0.3 is 5.97 Å². The highest BCUT2D eigenvalue weighted by atomic mass is 16.5. The van der Waals surface area contributed by atoms with E-state index in [0.717, 1.165) is 0 Å². The van der Waals surface area contributed by atoms with Crippen LogP contribution in [0.3, 0.4) is 0 Å². The molecular weight excluding hydrogens is 376 g/mol. The number of rotatable bonds is 6. The summed E-state index contributed by atoms with van der Waals surface area (Å²) in [4.78, 5) is 50.5. The number of carbonyl (C=O) groups is 3. The Labute approximate surface area is 166 Å². The lowest BCUT2D eigenvalue weighted by Gasteiger charge is -2.29. The number of hydrogen-bond acceptors (Lipinski definition) is 5. The molecule has 3 N–H and O–H groups in total. The summed E-state index contributed by atoms with van der Waals surface area (Å²) >= 11 is 0. The minimum absolute atomic E-state index is 0.0927. The molecule has 0 aliphatic heterocycles. The van der Waals surface area contributed by atoms with Crippen LogP contribution in [0, 0.1) is 5.41 Å². The Hall–Kier alpha value is -3.42. The molecular formula is C21H22N2O6. The third kappa shape index (κ3) is 4.90. The summed E-state index contributed by atoms with van der Waals surface area (Å²) < 4.78 is 5.10. The van der Waals surface area contributed by atoms with E-state index in [2.05, 4.69) is 10.3 Å². The standard InChI is InChI=1S/C21H22N2O6/c1-21(2)8-16-14(17(24)9-21)7-15(20(28)23-16)19(27)22-10-12-4-3-5-13(6-12)29-11-18(25)26/h3-7H,8-11H2,1-2H3,(H,22,27)(H,23,28)(H,25,26). The zero-order chi connectivity index (χ0) is 21.2. The summed E-state index contributed by atoms with van der Waals surface area (Å²) in [6.07, 6.45) is 0.921. The Kier molecular flexibility index (Phi) is 5.54. The highest BCUT2D eigenvalue weighted by molar-refractivity contribution is 6.02. The molecule has 8 heteroatoms. The molecule has 1 amide bonds. The van der Waals surface area contributed by atoms with E-state index in [4.69, 9.17) is 9.84 Å². The second kappa shape index (κ2) is 7.90. The molecule has 0 saturated carbocycles. The van der Waals surface area contributed by atoms with Crippen molar-refractivity contribution in [2.24, 2.45) is 5.41 Å². The van der Waals surface area contributed by atoms with Crippen LogP contribution in [-0.2, 0) is 17.8 Å². The van der Waals surface area contributed by atoms with Gasteiger partial charge in [0, 0.05) is 24.2 Å². The van der Waals surface area contributed by atoms with E-state index in [1.165, 1.54) is 6.07 Å². The van der Waals surface area contributed by atoms with Crippen LogP contribution in [0.15, 0.2) is 35.1 Å². The van der Waals surface area contributed by atoms with Crippen molar-refractivity contribution in [1.82, 2.24) is 10.3 Å². The number of hydrogen-bond donors (Lipinski definition) is 3. The minimum Gasteiger partial charge on any atom is -0.482 e. The molecule has 0 radical (unpaired) electrons. The van der Waals surface area contributed by atoms with Crippen LogP contribution in [0.2, 0.25) is 0 Å². The quantitative estimate of drug-likeness (QED) is 0.683. The first-order valence-corrected chi connectivity index (χ1v) is 9.16. The normalized spacial score (nSPS) is 14.8. The molecule has 29 heavy (non-hydrogen) atoms. The van der Waals surface area contributed by atoms with Gasteiger partial charge in [-0.3, -0.25) is 14.4 Å². The van der Waals surface area contributed by atoms with Crippen molar-refractivity contribution in [3.8, 4) is 5.75 Å². The fourth-order valence-electron chi connectivity index (χ4n) is 3.36.